The zero-order valence-electron chi connectivity index (χ0n) is 16.3. The fourth-order valence-electron chi connectivity index (χ4n) is 4.07. The maximum absolute atomic E-state index is 5.10. The van der Waals surface area contributed by atoms with E-state index in [2.05, 4.69) is 83.5 Å². The molecular formula is C24H23N3S2. The highest BCUT2D eigenvalue weighted by Gasteiger charge is 2.45. The maximum atomic E-state index is 5.10. The summed E-state index contributed by atoms with van der Waals surface area (Å²) >= 11 is 3.69. The Balaban J connectivity index is 1.46. The summed E-state index contributed by atoms with van der Waals surface area (Å²) in [5.41, 5.74) is 2.37. The van der Waals surface area contributed by atoms with Gasteiger partial charge in [0.25, 0.3) is 0 Å². The van der Waals surface area contributed by atoms with Crippen LogP contribution in [0.15, 0.2) is 93.8 Å². The number of nitrogens with zero attached hydrogens (tertiary/aromatic N) is 3. The van der Waals surface area contributed by atoms with Crippen LogP contribution in [0.4, 0.5) is 0 Å². The van der Waals surface area contributed by atoms with Crippen LogP contribution < -0.4 is 0 Å². The topological polar surface area (TPSA) is 28.5 Å². The third kappa shape index (κ3) is 3.69. The number of pyridine rings is 1. The van der Waals surface area contributed by atoms with E-state index in [0.29, 0.717) is 6.04 Å². The number of aromatic nitrogens is 1. The van der Waals surface area contributed by atoms with Gasteiger partial charge in [0.05, 0.1) is 11.7 Å². The third-order valence-corrected chi connectivity index (χ3v) is 7.67. The van der Waals surface area contributed by atoms with Gasteiger partial charge in [0, 0.05) is 27.8 Å². The fourth-order valence-corrected chi connectivity index (χ4v) is 6.24. The lowest BCUT2D eigenvalue weighted by Crippen LogP contribution is -2.35. The first kappa shape index (κ1) is 18.8. The first-order chi connectivity index (χ1) is 14.3. The SMILES string of the molecule is CC[C@H]1CSC2=N[C@@H](c3ccccn3)[C@@H](c3ccc(Sc4ccccc4)cc3)N21. The molecule has 0 N–H and O–H groups in total. The number of thioether (sulfide) groups is 1. The second-order valence-electron chi connectivity index (χ2n) is 7.32. The summed E-state index contributed by atoms with van der Waals surface area (Å²) in [4.78, 5) is 14.8. The lowest BCUT2D eigenvalue weighted by atomic mass is 9.95. The summed E-state index contributed by atoms with van der Waals surface area (Å²) in [5.74, 6) is 1.13. The van der Waals surface area contributed by atoms with E-state index in [1.807, 2.05) is 24.0 Å². The fraction of sp³-hybridized carbons (Fsp3) is 0.250. The molecule has 0 aliphatic carbocycles. The molecule has 2 aliphatic heterocycles. The third-order valence-electron chi connectivity index (χ3n) is 5.53. The molecule has 1 aromatic heterocycles. The van der Waals surface area contributed by atoms with E-state index in [0.717, 1.165) is 17.9 Å². The largest absolute Gasteiger partial charge is 0.338 e. The summed E-state index contributed by atoms with van der Waals surface area (Å²) in [5, 5.41) is 1.18. The average molecular weight is 418 g/mol. The number of rotatable bonds is 5. The molecule has 5 rings (SSSR count). The Bertz CT molecular complexity index is 990. The highest BCUT2D eigenvalue weighted by Crippen LogP contribution is 2.48. The number of benzene rings is 2. The van der Waals surface area contributed by atoms with Crippen molar-refractivity contribution in [2.24, 2.45) is 4.99 Å². The van der Waals surface area contributed by atoms with Gasteiger partial charge in [-0.05, 0) is 48.4 Å². The van der Waals surface area contributed by atoms with Gasteiger partial charge in [-0.2, -0.15) is 0 Å². The zero-order valence-corrected chi connectivity index (χ0v) is 17.9. The number of hydrogen-bond donors (Lipinski definition) is 0. The summed E-state index contributed by atoms with van der Waals surface area (Å²) in [6.45, 7) is 2.28. The van der Waals surface area contributed by atoms with Crippen LogP contribution in [-0.2, 0) is 0 Å². The Morgan fingerprint density at radius 2 is 1.72 bits per heavy atom. The molecule has 29 heavy (non-hydrogen) atoms. The van der Waals surface area contributed by atoms with Gasteiger partial charge in [-0.25, -0.2) is 0 Å². The van der Waals surface area contributed by atoms with Gasteiger partial charge in [-0.15, -0.1) is 0 Å². The molecule has 5 heteroatoms. The minimum absolute atomic E-state index is 0.0562. The highest BCUT2D eigenvalue weighted by atomic mass is 32.2. The molecule has 3 nitrogen and oxygen atoms in total. The smallest absolute Gasteiger partial charge is 0.160 e. The summed E-state index contributed by atoms with van der Waals surface area (Å²) < 4.78 is 0. The predicted octanol–water partition coefficient (Wildman–Crippen LogP) is 6.21. The monoisotopic (exact) mass is 417 g/mol. The quantitative estimate of drug-likeness (QED) is 0.493. The van der Waals surface area contributed by atoms with Crippen LogP contribution in [-0.4, -0.2) is 26.8 Å². The van der Waals surface area contributed by atoms with Crippen LogP contribution in [0.3, 0.4) is 0 Å². The van der Waals surface area contributed by atoms with E-state index in [1.54, 1.807) is 11.8 Å². The van der Waals surface area contributed by atoms with E-state index in [9.17, 15) is 0 Å². The number of aliphatic imine (C=N–C) groups is 1. The van der Waals surface area contributed by atoms with E-state index >= 15 is 0 Å². The first-order valence-corrected chi connectivity index (χ1v) is 11.9. The maximum Gasteiger partial charge on any atom is 0.160 e. The van der Waals surface area contributed by atoms with E-state index in [4.69, 9.17) is 4.99 Å². The van der Waals surface area contributed by atoms with E-state index < -0.39 is 0 Å². The van der Waals surface area contributed by atoms with Gasteiger partial charge < -0.3 is 4.90 Å². The molecule has 146 valence electrons. The second-order valence-corrected chi connectivity index (χ2v) is 9.45. The normalized spacial score (nSPS) is 23.1. The Morgan fingerprint density at radius 1 is 0.966 bits per heavy atom. The summed E-state index contributed by atoms with van der Waals surface area (Å²) in [6.07, 6.45) is 3.01. The molecule has 1 saturated heterocycles. The van der Waals surface area contributed by atoms with Gasteiger partial charge in [0.2, 0.25) is 0 Å². The number of fused-ring (bicyclic) bond motifs is 1. The predicted molar refractivity (Wildman–Crippen MR) is 123 cm³/mol. The van der Waals surface area contributed by atoms with Crippen molar-refractivity contribution < 1.29 is 0 Å². The highest BCUT2D eigenvalue weighted by molar-refractivity contribution is 8.14. The van der Waals surface area contributed by atoms with Gasteiger partial charge >= 0.3 is 0 Å². The molecule has 3 heterocycles. The van der Waals surface area contributed by atoms with E-state index in [1.165, 1.54) is 20.5 Å². The molecule has 0 unspecified atom stereocenters. The van der Waals surface area contributed by atoms with Crippen molar-refractivity contribution in [1.82, 2.24) is 9.88 Å². The molecule has 0 amide bonds. The number of amidine groups is 1. The van der Waals surface area contributed by atoms with Gasteiger partial charge in [-0.3, -0.25) is 9.98 Å². The van der Waals surface area contributed by atoms with Crippen molar-refractivity contribution in [3.05, 3.63) is 90.3 Å². The van der Waals surface area contributed by atoms with Crippen molar-refractivity contribution in [3.8, 4) is 0 Å². The Hall–Kier alpha value is -2.24. The Morgan fingerprint density at radius 3 is 2.45 bits per heavy atom. The molecule has 0 spiro atoms. The average Bonchev–Trinajstić information content (AvgIpc) is 3.35. The van der Waals surface area contributed by atoms with Crippen molar-refractivity contribution in [3.63, 3.8) is 0 Å². The molecule has 3 atom stereocenters. The second kappa shape index (κ2) is 8.25. The minimum Gasteiger partial charge on any atom is -0.338 e. The van der Waals surface area contributed by atoms with E-state index in [-0.39, 0.29) is 12.1 Å². The van der Waals surface area contributed by atoms with Crippen LogP contribution in [0.25, 0.3) is 0 Å². The van der Waals surface area contributed by atoms with Crippen molar-refractivity contribution in [2.75, 3.05) is 5.75 Å². The standard InChI is InChI=1S/C24H23N3S2/c1-2-18-16-28-24-26-22(21-10-6-7-15-25-21)23(27(18)24)17-11-13-20(14-12-17)29-19-8-4-3-5-9-19/h3-15,18,22-23H,2,16H2,1H3/t18-,22-,23+/m0/s1. The molecule has 1 fully saturated rings. The first-order valence-electron chi connectivity index (χ1n) is 10.1. The summed E-state index contributed by atoms with van der Waals surface area (Å²) in [7, 11) is 0. The molecule has 0 bridgehead atoms. The zero-order chi connectivity index (χ0) is 19.6. The van der Waals surface area contributed by atoms with Crippen LogP contribution in [0, 0.1) is 0 Å². The lowest BCUT2D eigenvalue weighted by Gasteiger charge is -2.32. The minimum atomic E-state index is 0.0562. The van der Waals surface area contributed by atoms with Crippen LogP contribution in [0.2, 0.25) is 0 Å². The molecule has 0 saturated carbocycles. The van der Waals surface area contributed by atoms with Crippen LogP contribution >= 0.6 is 23.5 Å². The number of hydrogen-bond acceptors (Lipinski definition) is 5. The molecule has 2 aliphatic rings. The van der Waals surface area contributed by atoms with Crippen LogP contribution in [0.5, 0.6) is 0 Å². The van der Waals surface area contributed by atoms with Gasteiger partial charge in [-0.1, -0.05) is 66.8 Å². The van der Waals surface area contributed by atoms with Crippen molar-refractivity contribution >= 4 is 28.7 Å². The molecule has 3 aromatic rings. The van der Waals surface area contributed by atoms with Gasteiger partial charge in [0.1, 0.15) is 6.04 Å². The summed E-state index contributed by atoms with van der Waals surface area (Å²) in [6, 6.07) is 26.5. The Kier molecular flexibility index (Phi) is 5.34. The molecule has 0 radical (unpaired) electrons. The van der Waals surface area contributed by atoms with Crippen molar-refractivity contribution in [2.45, 2.75) is 41.3 Å². The molecular weight excluding hydrogens is 394 g/mol. The molecule has 2 aromatic carbocycles. The Labute approximate surface area is 180 Å². The van der Waals surface area contributed by atoms with Gasteiger partial charge in [0.15, 0.2) is 5.17 Å². The van der Waals surface area contributed by atoms with Crippen molar-refractivity contribution in [1.29, 1.82) is 0 Å². The van der Waals surface area contributed by atoms with Crippen LogP contribution in [0.1, 0.15) is 36.7 Å². The lowest BCUT2D eigenvalue weighted by molar-refractivity contribution is 0.255.